The average Bonchev–Trinajstić information content (AvgIpc) is 3.00. The van der Waals surface area contributed by atoms with E-state index in [1.165, 1.54) is 23.5 Å². The van der Waals surface area contributed by atoms with Crippen molar-refractivity contribution in [1.29, 1.82) is 0 Å². The SMILES string of the molecule is NC(N)=NOS(=O)(=O)CC(=O)c1cccc(-c2ccsc2NS(=O)O)c1. The highest BCUT2D eigenvalue weighted by atomic mass is 32.2. The van der Waals surface area contributed by atoms with Gasteiger partial charge in [-0.3, -0.25) is 18.4 Å². The first-order chi connectivity index (χ1) is 12.2. The second kappa shape index (κ2) is 8.27. The van der Waals surface area contributed by atoms with Gasteiger partial charge in [-0.25, -0.2) is 4.21 Å². The predicted octanol–water partition coefficient (Wildman–Crippen LogP) is 0.681. The number of anilines is 1. The Morgan fingerprint density at radius 3 is 2.73 bits per heavy atom. The molecule has 13 heteroatoms. The van der Waals surface area contributed by atoms with Crippen LogP contribution in [0.25, 0.3) is 11.1 Å². The molecule has 10 nitrogen and oxygen atoms in total. The molecule has 0 bridgehead atoms. The van der Waals surface area contributed by atoms with Crippen LogP contribution in [0, 0.1) is 0 Å². The third kappa shape index (κ3) is 5.52. The molecule has 0 aliphatic rings. The molecule has 1 aromatic carbocycles. The topological polar surface area (TPSA) is 174 Å². The zero-order valence-electron chi connectivity index (χ0n) is 13.0. The Labute approximate surface area is 155 Å². The van der Waals surface area contributed by atoms with Gasteiger partial charge in [0, 0.05) is 11.1 Å². The summed E-state index contributed by atoms with van der Waals surface area (Å²) in [6, 6.07) is 7.83. The van der Waals surface area contributed by atoms with Gasteiger partial charge in [0.2, 0.25) is 5.96 Å². The highest BCUT2D eigenvalue weighted by molar-refractivity contribution is 7.87. The van der Waals surface area contributed by atoms with Gasteiger partial charge in [0.1, 0.15) is 5.00 Å². The summed E-state index contributed by atoms with van der Waals surface area (Å²) in [7, 11) is -4.30. The molecule has 0 aliphatic carbocycles. The smallest absolute Gasteiger partial charge is 0.336 e. The summed E-state index contributed by atoms with van der Waals surface area (Å²) >= 11 is -1.05. The highest BCUT2D eigenvalue weighted by Crippen LogP contribution is 2.33. The van der Waals surface area contributed by atoms with Gasteiger partial charge in [0.15, 0.2) is 11.5 Å². The molecule has 0 radical (unpaired) electrons. The first-order valence-electron chi connectivity index (χ1n) is 6.77. The number of carbonyl (C=O) groups excluding carboxylic acids is 1. The van der Waals surface area contributed by atoms with Crippen LogP contribution in [-0.2, 0) is 25.7 Å². The van der Waals surface area contributed by atoms with Crippen molar-refractivity contribution in [3.63, 3.8) is 0 Å². The molecule has 140 valence electrons. The third-order valence-corrected chi connectivity index (χ3v) is 5.16. The van der Waals surface area contributed by atoms with Crippen molar-refractivity contribution in [3.05, 3.63) is 41.3 Å². The minimum Gasteiger partial charge on any atom is -0.367 e. The van der Waals surface area contributed by atoms with Crippen LogP contribution in [0.2, 0.25) is 0 Å². The molecule has 2 aromatic rings. The second-order valence-electron chi connectivity index (χ2n) is 4.81. The maximum atomic E-state index is 12.2. The molecule has 0 aliphatic heterocycles. The van der Waals surface area contributed by atoms with E-state index in [2.05, 4.69) is 14.2 Å². The van der Waals surface area contributed by atoms with Gasteiger partial charge in [-0.15, -0.1) is 11.3 Å². The number of rotatable bonds is 8. The lowest BCUT2D eigenvalue weighted by Crippen LogP contribution is -2.25. The van der Waals surface area contributed by atoms with Crippen molar-refractivity contribution in [2.75, 3.05) is 10.5 Å². The Morgan fingerprint density at radius 2 is 2.08 bits per heavy atom. The van der Waals surface area contributed by atoms with Crippen LogP contribution in [0.3, 0.4) is 0 Å². The van der Waals surface area contributed by atoms with Crippen molar-refractivity contribution in [2.24, 2.45) is 16.6 Å². The number of hydrogen-bond acceptors (Lipinski definition) is 7. The van der Waals surface area contributed by atoms with Gasteiger partial charge in [0.25, 0.3) is 11.3 Å². The summed E-state index contributed by atoms with van der Waals surface area (Å²) in [5, 5.41) is 5.04. The van der Waals surface area contributed by atoms with E-state index >= 15 is 0 Å². The molecule has 0 saturated heterocycles. The molecule has 26 heavy (non-hydrogen) atoms. The molecule has 1 aromatic heterocycles. The zero-order chi connectivity index (χ0) is 19.3. The van der Waals surface area contributed by atoms with Gasteiger partial charge in [-0.05, 0) is 28.2 Å². The van der Waals surface area contributed by atoms with E-state index in [0.717, 1.165) is 0 Å². The summed E-state index contributed by atoms with van der Waals surface area (Å²) in [5.41, 5.74) is 11.2. The number of guanidine groups is 1. The summed E-state index contributed by atoms with van der Waals surface area (Å²) in [4.78, 5) is 12.2. The van der Waals surface area contributed by atoms with Gasteiger partial charge in [-0.1, -0.05) is 18.2 Å². The molecule has 0 fully saturated rings. The van der Waals surface area contributed by atoms with Gasteiger partial charge in [0.05, 0.1) is 0 Å². The summed E-state index contributed by atoms with van der Waals surface area (Å²) in [6.45, 7) is 0. The Bertz CT molecular complexity index is 966. The van der Waals surface area contributed by atoms with E-state index in [1.54, 1.807) is 23.6 Å². The third-order valence-electron chi connectivity index (χ3n) is 2.90. The molecular weight excluding hydrogens is 404 g/mol. The predicted molar refractivity (Wildman–Crippen MR) is 99.2 cm³/mol. The standard InChI is InChI=1S/C13H14N4O6S3/c14-13(15)16-23-26(21,22)7-11(18)9-3-1-2-8(6-9)10-4-5-24-12(10)17-25(19)20/h1-6,17H,7H2,(H,19,20)(H4,14,15,16). The van der Waals surface area contributed by atoms with Crippen LogP contribution in [-0.4, -0.2) is 34.7 Å². The fraction of sp³-hybridized carbons (Fsp3) is 0.0769. The quantitative estimate of drug-likeness (QED) is 0.159. The molecular formula is C13H14N4O6S3. The Balaban J connectivity index is 2.24. The number of Topliss-reactive ketones (excluding diaryl/α,β-unsaturated/α-hetero) is 1. The Hall–Kier alpha value is -2.48. The number of nitrogens with one attached hydrogen (secondary N) is 1. The monoisotopic (exact) mass is 418 g/mol. The number of nitrogens with two attached hydrogens (primary N) is 2. The van der Waals surface area contributed by atoms with Gasteiger partial charge in [-0.2, -0.15) is 8.42 Å². The lowest BCUT2D eigenvalue weighted by Gasteiger charge is -2.06. The fourth-order valence-corrected chi connectivity index (χ4v) is 3.99. The van der Waals surface area contributed by atoms with E-state index in [4.69, 9.17) is 16.0 Å². The zero-order valence-corrected chi connectivity index (χ0v) is 15.4. The molecule has 2 rings (SSSR count). The fourth-order valence-electron chi connectivity index (χ4n) is 1.93. The number of thiophene rings is 1. The van der Waals surface area contributed by atoms with Crippen LogP contribution >= 0.6 is 11.3 Å². The summed E-state index contributed by atoms with van der Waals surface area (Å²) < 4.78 is 49.8. The van der Waals surface area contributed by atoms with Gasteiger partial charge >= 0.3 is 10.1 Å². The first-order valence-corrected chi connectivity index (χ1v) is 10.3. The number of carbonyl (C=O) groups is 1. The number of ketones is 1. The maximum absolute atomic E-state index is 12.2. The van der Waals surface area contributed by atoms with Crippen LogP contribution in [0.15, 0.2) is 40.9 Å². The van der Waals surface area contributed by atoms with Crippen molar-refractivity contribution in [3.8, 4) is 11.1 Å². The molecule has 1 atom stereocenters. The van der Waals surface area contributed by atoms with Crippen molar-refractivity contribution >= 4 is 49.5 Å². The van der Waals surface area contributed by atoms with Crippen LogP contribution in [0.5, 0.6) is 0 Å². The summed E-state index contributed by atoms with van der Waals surface area (Å²) in [5.74, 6) is -2.28. The van der Waals surface area contributed by atoms with E-state index < -0.39 is 38.9 Å². The van der Waals surface area contributed by atoms with E-state index in [0.29, 0.717) is 16.1 Å². The molecule has 1 unspecified atom stereocenters. The Morgan fingerprint density at radius 1 is 1.35 bits per heavy atom. The number of nitrogens with zero attached hydrogens (tertiary/aromatic N) is 1. The van der Waals surface area contributed by atoms with Crippen molar-refractivity contribution in [1.82, 2.24) is 0 Å². The minimum atomic E-state index is -4.30. The lowest BCUT2D eigenvalue weighted by molar-refractivity contribution is 0.101. The molecule has 6 N–H and O–H groups in total. The summed E-state index contributed by atoms with van der Waals surface area (Å²) in [6.07, 6.45) is 0. The number of benzene rings is 1. The largest absolute Gasteiger partial charge is 0.367 e. The van der Waals surface area contributed by atoms with E-state index in [-0.39, 0.29) is 5.56 Å². The number of hydrogen-bond donors (Lipinski definition) is 4. The van der Waals surface area contributed by atoms with Crippen LogP contribution in [0.1, 0.15) is 10.4 Å². The molecule has 0 saturated carbocycles. The molecule has 1 heterocycles. The first kappa shape index (κ1) is 19.8. The second-order valence-corrected chi connectivity index (χ2v) is 7.98. The Kier molecular flexibility index (Phi) is 6.31. The van der Waals surface area contributed by atoms with Gasteiger partial charge < -0.3 is 11.5 Å². The number of oxime groups is 1. The average molecular weight is 418 g/mol. The minimum absolute atomic E-state index is 0.113. The molecule has 0 spiro atoms. The van der Waals surface area contributed by atoms with Crippen molar-refractivity contribution < 1.29 is 26.3 Å². The van der Waals surface area contributed by atoms with Crippen molar-refractivity contribution in [2.45, 2.75) is 0 Å². The normalized spacial score (nSPS) is 12.2. The lowest BCUT2D eigenvalue weighted by atomic mass is 10.0. The van der Waals surface area contributed by atoms with Crippen LogP contribution < -0.4 is 16.2 Å². The highest BCUT2D eigenvalue weighted by Gasteiger charge is 2.20. The van der Waals surface area contributed by atoms with E-state index in [9.17, 15) is 17.4 Å². The van der Waals surface area contributed by atoms with Crippen LogP contribution in [0.4, 0.5) is 5.00 Å². The molecule has 0 amide bonds. The maximum Gasteiger partial charge on any atom is 0.336 e. The van der Waals surface area contributed by atoms with E-state index in [1.807, 2.05) is 0 Å².